The summed E-state index contributed by atoms with van der Waals surface area (Å²) in [5.41, 5.74) is -0.0853. The van der Waals surface area contributed by atoms with Crippen LogP contribution >= 0.6 is 47.1 Å². The molecule has 0 aromatic heterocycles. The Balaban J connectivity index is 2.13. The van der Waals surface area contributed by atoms with Crippen LogP contribution in [0.3, 0.4) is 0 Å². The number of hydrogen-bond donors (Lipinski definition) is 0. The van der Waals surface area contributed by atoms with Crippen LogP contribution in [0.15, 0.2) is 67.1 Å². The highest BCUT2D eigenvalue weighted by molar-refractivity contribution is 7.98. The van der Waals surface area contributed by atoms with Gasteiger partial charge in [-0.3, -0.25) is 0 Å². The molecule has 24 heavy (non-hydrogen) atoms. The summed E-state index contributed by atoms with van der Waals surface area (Å²) in [5.74, 6) is 0. The van der Waals surface area contributed by atoms with E-state index >= 15 is 0 Å². The molecule has 0 N–H and O–H groups in total. The van der Waals surface area contributed by atoms with Crippen molar-refractivity contribution in [2.45, 2.75) is 9.79 Å². The highest BCUT2D eigenvalue weighted by atomic mass is 35.5. The Morgan fingerprint density at radius 1 is 0.708 bits per heavy atom. The van der Waals surface area contributed by atoms with Crippen LogP contribution in [0.4, 0.5) is 0 Å². The molecule has 0 aliphatic heterocycles. The zero-order valence-corrected chi connectivity index (χ0v) is 15.1. The first-order valence-electron chi connectivity index (χ1n) is 6.44. The van der Waals surface area contributed by atoms with Crippen molar-refractivity contribution >= 4 is 58.5 Å². The summed E-state index contributed by atoms with van der Waals surface area (Å²) in [4.78, 5) is 1.60. The first-order chi connectivity index (χ1) is 11.6. The Hall–Kier alpha value is -1.96. The zero-order chi connectivity index (χ0) is 17.4. The lowest BCUT2D eigenvalue weighted by atomic mass is 10.3. The Morgan fingerprint density at radius 3 is 1.33 bits per heavy atom. The molecule has 0 unspecified atom stereocenters. The van der Waals surface area contributed by atoms with Crippen LogP contribution in [0.2, 0.25) is 10.0 Å². The lowest BCUT2D eigenvalue weighted by Crippen LogP contribution is -2.08. The van der Waals surface area contributed by atoms with Crippen LogP contribution in [0.5, 0.6) is 0 Å². The quantitative estimate of drug-likeness (QED) is 0.489. The van der Waals surface area contributed by atoms with Gasteiger partial charge in [-0.05, 0) is 48.5 Å². The molecular formula is C16H8Cl2N4S2. The molecule has 0 aliphatic carbocycles. The van der Waals surface area contributed by atoms with Crippen molar-refractivity contribution in [3.05, 3.63) is 58.6 Å². The normalized spacial score (nSPS) is 11.7. The SMILES string of the molecule is N#CC(=N\Sc1ccc(Cl)cc1)/C(C#N)=N/Sc1ccc(Cl)cc1. The zero-order valence-electron chi connectivity index (χ0n) is 12.0. The second kappa shape index (κ2) is 9.36. The maximum atomic E-state index is 9.21. The van der Waals surface area contributed by atoms with Gasteiger partial charge in [-0.25, -0.2) is 0 Å². The van der Waals surface area contributed by atoms with E-state index in [1.54, 1.807) is 48.5 Å². The Kier molecular flexibility index (Phi) is 7.17. The minimum absolute atomic E-state index is 0.0427. The summed E-state index contributed by atoms with van der Waals surface area (Å²) in [6, 6.07) is 17.8. The van der Waals surface area contributed by atoms with Crippen molar-refractivity contribution in [1.82, 2.24) is 0 Å². The van der Waals surface area contributed by atoms with Crippen molar-refractivity contribution in [3.8, 4) is 12.1 Å². The monoisotopic (exact) mass is 390 g/mol. The van der Waals surface area contributed by atoms with Gasteiger partial charge in [0, 0.05) is 43.7 Å². The number of halogens is 2. The second-order valence-corrected chi connectivity index (χ2v) is 6.74. The smallest absolute Gasteiger partial charge is 0.186 e. The van der Waals surface area contributed by atoms with E-state index in [-0.39, 0.29) is 11.4 Å². The van der Waals surface area contributed by atoms with Crippen LogP contribution in [-0.2, 0) is 0 Å². The lowest BCUT2D eigenvalue weighted by Gasteiger charge is -1.98. The van der Waals surface area contributed by atoms with Crippen LogP contribution in [0.1, 0.15) is 0 Å². The largest absolute Gasteiger partial charge is 0.197 e. The van der Waals surface area contributed by atoms with Gasteiger partial charge in [-0.1, -0.05) is 23.2 Å². The molecule has 2 aromatic rings. The van der Waals surface area contributed by atoms with E-state index in [2.05, 4.69) is 8.80 Å². The molecule has 0 saturated heterocycles. The number of nitrogens with zero attached hydrogens (tertiary/aromatic N) is 4. The van der Waals surface area contributed by atoms with E-state index in [4.69, 9.17) is 23.2 Å². The molecule has 0 aliphatic rings. The topological polar surface area (TPSA) is 72.3 Å². The van der Waals surface area contributed by atoms with E-state index in [1.807, 2.05) is 12.1 Å². The van der Waals surface area contributed by atoms with Gasteiger partial charge >= 0.3 is 0 Å². The standard InChI is InChI=1S/C16H8Cl2N4S2/c17-11-1-5-13(6-2-11)23-21-15(9-19)16(10-20)22-24-14-7-3-12(18)4-8-14/h1-8H/b21-15+,22-16+. The summed E-state index contributed by atoms with van der Waals surface area (Å²) < 4.78 is 8.16. The number of rotatable bonds is 5. The molecule has 0 saturated carbocycles. The summed E-state index contributed by atoms with van der Waals surface area (Å²) in [6.45, 7) is 0. The fraction of sp³-hybridized carbons (Fsp3) is 0. The predicted octanol–water partition coefficient (Wildman–Crippen LogP) is 5.64. The summed E-state index contributed by atoms with van der Waals surface area (Å²) in [6.07, 6.45) is 0. The minimum atomic E-state index is -0.0427. The Bertz CT molecular complexity index is 774. The molecule has 0 amide bonds. The van der Waals surface area contributed by atoms with E-state index in [0.29, 0.717) is 10.0 Å². The average molecular weight is 391 g/mol. The van der Waals surface area contributed by atoms with E-state index < -0.39 is 0 Å². The maximum Gasteiger partial charge on any atom is 0.186 e. The fourth-order valence-electron chi connectivity index (χ4n) is 1.42. The molecule has 2 rings (SSSR count). The molecule has 0 bridgehead atoms. The van der Waals surface area contributed by atoms with Gasteiger partial charge in [0.05, 0.1) is 0 Å². The summed E-state index contributed by atoms with van der Waals surface area (Å²) in [7, 11) is 0. The average Bonchev–Trinajstić information content (AvgIpc) is 2.60. The maximum absolute atomic E-state index is 9.21. The van der Waals surface area contributed by atoms with Gasteiger partial charge in [0.25, 0.3) is 0 Å². The van der Waals surface area contributed by atoms with Gasteiger partial charge < -0.3 is 0 Å². The minimum Gasteiger partial charge on any atom is -0.197 e. The van der Waals surface area contributed by atoms with E-state index in [0.717, 1.165) is 33.7 Å². The first kappa shape index (κ1) is 18.4. The van der Waals surface area contributed by atoms with Crippen LogP contribution in [-0.4, -0.2) is 11.4 Å². The third kappa shape index (κ3) is 5.59. The van der Waals surface area contributed by atoms with Gasteiger partial charge in [0.1, 0.15) is 12.1 Å². The molecule has 118 valence electrons. The third-order valence-corrected chi connectivity index (χ3v) is 4.57. The van der Waals surface area contributed by atoms with Crippen molar-refractivity contribution in [3.63, 3.8) is 0 Å². The molecule has 2 aromatic carbocycles. The molecule has 8 heteroatoms. The van der Waals surface area contributed by atoms with Crippen molar-refractivity contribution in [1.29, 1.82) is 10.5 Å². The molecule has 0 fully saturated rings. The van der Waals surface area contributed by atoms with Gasteiger partial charge in [0.2, 0.25) is 0 Å². The van der Waals surface area contributed by atoms with Gasteiger partial charge in [-0.15, -0.1) is 0 Å². The molecule has 0 heterocycles. The van der Waals surface area contributed by atoms with Crippen LogP contribution < -0.4 is 0 Å². The number of benzene rings is 2. The summed E-state index contributed by atoms with van der Waals surface area (Å²) in [5, 5.41) is 19.6. The van der Waals surface area contributed by atoms with Gasteiger partial charge in [-0.2, -0.15) is 19.3 Å². The van der Waals surface area contributed by atoms with Crippen molar-refractivity contribution in [2.24, 2.45) is 8.80 Å². The second-order valence-electron chi connectivity index (χ2n) is 4.19. The Labute approximate surface area is 158 Å². The van der Waals surface area contributed by atoms with E-state index in [1.165, 1.54) is 0 Å². The predicted molar refractivity (Wildman–Crippen MR) is 101 cm³/mol. The molecule has 0 radical (unpaired) electrons. The fourth-order valence-corrected chi connectivity index (χ4v) is 2.84. The number of nitriles is 2. The summed E-state index contributed by atoms with van der Waals surface area (Å²) >= 11 is 13.8. The molecule has 0 atom stereocenters. The molecule has 4 nitrogen and oxygen atoms in total. The first-order valence-corrected chi connectivity index (χ1v) is 8.74. The third-order valence-electron chi connectivity index (χ3n) is 2.55. The van der Waals surface area contributed by atoms with Crippen molar-refractivity contribution in [2.75, 3.05) is 0 Å². The highest BCUT2D eigenvalue weighted by Crippen LogP contribution is 2.23. The number of hydrogen-bond acceptors (Lipinski definition) is 6. The van der Waals surface area contributed by atoms with E-state index in [9.17, 15) is 10.5 Å². The lowest BCUT2D eigenvalue weighted by molar-refractivity contribution is 1.46. The van der Waals surface area contributed by atoms with Crippen LogP contribution in [0, 0.1) is 22.7 Å². The molecule has 0 spiro atoms. The van der Waals surface area contributed by atoms with Crippen molar-refractivity contribution < 1.29 is 0 Å². The van der Waals surface area contributed by atoms with Gasteiger partial charge in [0.15, 0.2) is 11.4 Å². The van der Waals surface area contributed by atoms with Crippen LogP contribution in [0.25, 0.3) is 0 Å². The molecular weight excluding hydrogens is 383 g/mol. The highest BCUT2D eigenvalue weighted by Gasteiger charge is 2.09. The Morgan fingerprint density at radius 2 is 1.04 bits per heavy atom.